The maximum absolute atomic E-state index is 12.8. The summed E-state index contributed by atoms with van der Waals surface area (Å²) in [6.07, 6.45) is 0. The van der Waals surface area contributed by atoms with E-state index >= 15 is 0 Å². The Bertz CT molecular complexity index is 658. The van der Waals surface area contributed by atoms with Crippen molar-refractivity contribution >= 4 is 33.2 Å². The topological polar surface area (TPSA) is 66.6 Å². The van der Waals surface area contributed by atoms with Gasteiger partial charge in [0.2, 0.25) is 0 Å². The van der Waals surface area contributed by atoms with Gasteiger partial charge in [-0.15, -0.1) is 0 Å². The van der Waals surface area contributed by atoms with Crippen LogP contribution in [-0.4, -0.2) is 24.2 Å². The van der Waals surface area contributed by atoms with E-state index in [1.165, 1.54) is 4.90 Å². The Balaban J connectivity index is 2.46. The Morgan fingerprint density at radius 2 is 1.95 bits per heavy atom. The lowest BCUT2D eigenvalue weighted by atomic mass is 10.1. The lowest BCUT2D eigenvalue weighted by Gasteiger charge is -2.24. The molecule has 0 spiro atoms. The molecule has 5 heteroatoms. The van der Waals surface area contributed by atoms with Gasteiger partial charge in [0.15, 0.2) is 0 Å². The van der Waals surface area contributed by atoms with Crippen molar-refractivity contribution < 1.29 is 9.90 Å². The average molecular weight is 349 g/mol. The van der Waals surface area contributed by atoms with Crippen LogP contribution in [0.1, 0.15) is 15.9 Å². The molecular weight excluding hydrogens is 332 g/mol. The molecule has 1 amide bonds. The minimum absolute atomic E-state index is 0.132. The van der Waals surface area contributed by atoms with Gasteiger partial charge in [0, 0.05) is 16.6 Å². The molecule has 0 unspecified atom stereocenters. The largest absolute Gasteiger partial charge is 0.397 e. The van der Waals surface area contributed by atoms with Crippen LogP contribution in [0.2, 0.25) is 0 Å². The number of nitrogens with zero attached hydrogens (tertiary/aromatic N) is 1. The lowest BCUT2D eigenvalue weighted by Crippen LogP contribution is -2.34. The molecule has 0 saturated carbocycles. The van der Waals surface area contributed by atoms with Crippen LogP contribution >= 0.6 is 15.9 Å². The number of carbonyl (C=O) groups excluding carboxylic acids is 1. The van der Waals surface area contributed by atoms with Gasteiger partial charge >= 0.3 is 0 Å². The predicted molar refractivity (Wildman–Crippen MR) is 88.5 cm³/mol. The summed E-state index contributed by atoms with van der Waals surface area (Å²) >= 11 is 3.43. The van der Waals surface area contributed by atoms with E-state index < -0.39 is 0 Å². The van der Waals surface area contributed by atoms with E-state index in [4.69, 9.17) is 5.73 Å². The molecule has 0 bridgehead atoms. The summed E-state index contributed by atoms with van der Waals surface area (Å²) in [5, 5.41) is 9.26. The number of aliphatic hydroxyl groups is 1. The number of aliphatic hydroxyl groups excluding tert-OH is 1. The van der Waals surface area contributed by atoms with Gasteiger partial charge in [-0.3, -0.25) is 4.79 Å². The van der Waals surface area contributed by atoms with Crippen molar-refractivity contribution in [2.75, 3.05) is 23.8 Å². The van der Waals surface area contributed by atoms with Crippen LogP contribution in [0.25, 0.3) is 0 Å². The summed E-state index contributed by atoms with van der Waals surface area (Å²) in [6.45, 7) is 1.94. The van der Waals surface area contributed by atoms with Crippen LogP contribution in [0.15, 0.2) is 46.9 Å². The number of anilines is 2. The molecule has 0 aliphatic rings. The summed E-state index contributed by atoms with van der Waals surface area (Å²) in [5.41, 5.74) is 8.51. The van der Waals surface area contributed by atoms with E-state index in [1.54, 1.807) is 18.2 Å². The Labute approximate surface area is 132 Å². The fourth-order valence-corrected chi connectivity index (χ4v) is 2.52. The highest BCUT2D eigenvalue weighted by Gasteiger charge is 2.21. The van der Waals surface area contributed by atoms with E-state index in [-0.39, 0.29) is 19.1 Å². The Morgan fingerprint density at radius 1 is 1.24 bits per heavy atom. The Morgan fingerprint density at radius 3 is 2.62 bits per heavy atom. The van der Waals surface area contributed by atoms with Gasteiger partial charge in [-0.05, 0) is 36.8 Å². The second kappa shape index (κ2) is 6.74. The molecule has 0 radical (unpaired) electrons. The third kappa shape index (κ3) is 3.25. The first-order chi connectivity index (χ1) is 10.1. The molecule has 0 heterocycles. The van der Waals surface area contributed by atoms with E-state index in [0.717, 1.165) is 10.0 Å². The normalized spacial score (nSPS) is 10.4. The number of carbonyl (C=O) groups is 1. The Hall–Kier alpha value is -1.85. The van der Waals surface area contributed by atoms with Crippen molar-refractivity contribution in [2.45, 2.75) is 6.92 Å². The zero-order valence-corrected chi connectivity index (χ0v) is 13.3. The molecule has 2 aromatic rings. The summed E-state index contributed by atoms with van der Waals surface area (Å²) in [6, 6.07) is 12.6. The number of halogens is 1. The SMILES string of the molecule is Cc1c(Br)cccc1C(=O)N(CCO)c1ccccc1N. The van der Waals surface area contributed by atoms with Gasteiger partial charge < -0.3 is 15.7 Å². The predicted octanol–water partition coefficient (Wildman–Crippen LogP) is 2.98. The van der Waals surface area contributed by atoms with Crippen LogP contribution in [-0.2, 0) is 0 Å². The zero-order chi connectivity index (χ0) is 15.4. The lowest BCUT2D eigenvalue weighted by molar-refractivity contribution is 0.0980. The minimum atomic E-state index is -0.180. The maximum Gasteiger partial charge on any atom is 0.258 e. The molecule has 0 aliphatic carbocycles. The number of benzene rings is 2. The summed E-state index contributed by atoms with van der Waals surface area (Å²) < 4.78 is 0.873. The van der Waals surface area contributed by atoms with Crippen molar-refractivity contribution in [1.29, 1.82) is 0 Å². The van der Waals surface area contributed by atoms with Crippen LogP contribution in [0, 0.1) is 6.92 Å². The Kier molecular flexibility index (Phi) is 4.98. The van der Waals surface area contributed by atoms with Crippen LogP contribution in [0.5, 0.6) is 0 Å². The zero-order valence-electron chi connectivity index (χ0n) is 11.7. The molecule has 0 saturated heterocycles. The molecular formula is C16H17BrN2O2. The average Bonchev–Trinajstić information content (AvgIpc) is 2.48. The highest BCUT2D eigenvalue weighted by molar-refractivity contribution is 9.10. The van der Waals surface area contributed by atoms with Gasteiger partial charge in [0.05, 0.1) is 18.0 Å². The molecule has 21 heavy (non-hydrogen) atoms. The van der Waals surface area contributed by atoms with Gasteiger partial charge in [0.1, 0.15) is 0 Å². The fraction of sp³-hybridized carbons (Fsp3) is 0.188. The maximum atomic E-state index is 12.8. The molecule has 2 rings (SSSR count). The van der Waals surface area contributed by atoms with E-state index in [9.17, 15) is 9.90 Å². The van der Waals surface area contributed by atoms with Crippen LogP contribution < -0.4 is 10.6 Å². The molecule has 3 N–H and O–H groups in total. The molecule has 4 nitrogen and oxygen atoms in total. The molecule has 0 aromatic heterocycles. The number of para-hydroxylation sites is 2. The smallest absolute Gasteiger partial charge is 0.258 e. The highest BCUT2D eigenvalue weighted by Crippen LogP contribution is 2.26. The molecule has 2 aromatic carbocycles. The molecule has 0 aliphatic heterocycles. The van der Waals surface area contributed by atoms with E-state index in [2.05, 4.69) is 15.9 Å². The number of amides is 1. The van der Waals surface area contributed by atoms with E-state index in [1.807, 2.05) is 31.2 Å². The summed E-state index contributed by atoms with van der Waals surface area (Å²) in [4.78, 5) is 14.3. The third-order valence-corrected chi connectivity index (χ3v) is 4.15. The molecule has 0 fully saturated rings. The van der Waals surface area contributed by atoms with Gasteiger partial charge in [-0.2, -0.15) is 0 Å². The second-order valence-electron chi connectivity index (χ2n) is 4.65. The number of hydrogen-bond acceptors (Lipinski definition) is 3. The number of hydrogen-bond donors (Lipinski definition) is 2. The standard InChI is InChI=1S/C16H17BrN2O2/c1-11-12(5-4-6-13(11)17)16(21)19(9-10-20)15-8-3-2-7-14(15)18/h2-8,20H,9-10,18H2,1H3. The minimum Gasteiger partial charge on any atom is -0.397 e. The molecule has 0 atom stereocenters. The van der Waals surface area contributed by atoms with Gasteiger partial charge in [0.25, 0.3) is 5.91 Å². The second-order valence-corrected chi connectivity index (χ2v) is 5.51. The number of nitrogens with two attached hydrogens (primary N) is 1. The van der Waals surface area contributed by atoms with Crippen molar-refractivity contribution in [3.8, 4) is 0 Å². The van der Waals surface area contributed by atoms with E-state index in [0.29, 0.717) is 16.9 Å². The first-order valence-electron chi connectivity index (χ1n) is 6.58. The monoisotopic (exact) mass is 348 g/mol. The van der Waals surface area contributed by atoms with Crippen LogP contribution in [0.4, 0.5) is 11.4 Å². The quantitative estimate of drug-likeness (QED) is 0.834. The van der Waals surface area contributed by atoms with Gasteiger partial charge in [-0.1, -0.05) is 34.1 Å². The third-order valence-electron chi connectivity index (χ3n) is 3.29. The van der Waals surface area contributed by atoms with Gasteiger partial charge in [-0.25, -0.2) is 0 Å². The fourth-order valence-electron chi connectivity index (χ4n) is 2.15. The summed E-state index contributed by atoms with van der Waals surface area (Å²) in [7, 11) is 0. The van der Waals surface area contributed by atoms with Crippen molar-refractivity contribution in [3.05, 3.63) is 58.1 Å². The summed E-state index contributed by atoms with van der Waals surface area (Å²) in [5.74, 6) is -0.180. The number of rotatable bonds is 4. The first-order valence-corrected chi connectivity index (χ1v) is 7.38. The first kappa shape index (κ1) is 15.5. The van der Waals surface area contributed by atoms with Crippen molar-refractivity contribution in [1.82, 2.24) is 0 Å². The highest BCUT2D eigenvalue weighted by atomic mass is 79.9. The van der Waals surface area contributed by atoms with Crippen LogP contribution in [0.3, 0.4) is 0 Å². The van der Waals surface area contributed by atoms with Crippen molar-refractivity contribution in [3.63, 3.8) is 0 Å². The molecule has 110 valence electrons. The number of nitrogen functional groups attached to an aromatic ring is 1. The van der Waals surface area contributed by atoms with Crippen molar-refractivity contribution in [2.24, 2.45) is 0 Å².